The van der Waals surface area contributed by atoms with E-state index in [-0.39, 0.29) is 4.90 Å². The van der Waals surface area contributed by atoms with Gasteiger partial charge < -0.3 is 0 Å². The first-order chi connectivity index (χ1) is 9.29. The Morgan fingerprint density at radius 1 is 1.25 bits per heavy atom. The quantitative estimate of drug-likeness (QED) is 0.920. The molecule has 0 atom stereocenters. The van der Waals surface area contributed by atoms with Crippen LogP contribution in [0.3, 0.4) is 0 Å². The zero-order chi connectivity index (χ0) is 14.9. The van der Waals surface area contributed by atoms with Gasteiger partial charge in [0.1, 0.15) is 0 Å². The Morgan fingerprint density at radius 3 is 2.35 bits per heavy atom. The Kier molecular flexibility index (Phi) is 3.82. The maximum Gasteiger partial charge on any atom is 0.356 e. The number of hydrogen-bond donors (Lipinski definition) is 1. The van der Waals surface area contributed by atoms with Crippen LogP contribution in [-0.2, 0) is 10.0 Å². The summed E-state index contributed by atoms with van der Waals surface area (Å²) in [6.45, 7) is 3.37. The van der Waals surface area contributed by atoms with Gasteiger partial charge in [-0.15, -0.1) is 0 Å². The van der Waals surface area contributed by atoms with Crippen LogP contribution in [0, 0.1) is 13.8 Å². The van der Waals surface area contributed by atoms with E-state index in [4.69, 9.17) is 11.6 Å². The van der Waals surface area contributed by atoms with E-state index in [2.05, 4.69) is 5.10 Å². The molecule has 0 aliphatic heterocycles. The van der Waals surface area contributed by atoms with Gasteiger partial charge in [0, 0.05) is 10.7 Å². The summed E-state index contributed by atoms with van der Waals surface area (Å²) in [5.74, 6) is 0. The second kappa shape index (κ2) is 5.26. The number of hydrogen-bond acceptors (Lipinski definition) is 4. The summed E-state index contributed by atoms with van der Waals surface area (Å²) in [5.41, 5.74) is 1.17. The lowest BCUT2D eigenvalue weighted by Gasteiger charge is -2.07. The van der Waals surface area contributed by atoms with E-state index < -0.39 is 16.1 Å². The largest absolute Gasteiger partial charge is 0.356 e. The van der Waals surface area contributed by atoms with Crippen LogP contribution in [0.2, 0.25) is 5.02 Å². The molecule has 106 valence electrons. The molecule has 6 nitrogen and oxygen atoms in total. The highest BCUT2D eigenvalue weighted by Crippen LogP contribution is 2.14. The van der Waals surface area contributed by atoms with E-state index in [1.54, 1.807) is 19.9 Å². The van der Waals surface area contributed by atoms with Crippen molar-refractivity contribution in [1.82, 2.24) is 14.5 Å². The smallest absolute Gasteiger partial charge is 0.245 e. The molecule has 20 heavy (non-hydrogen) atoms. The minimum atomic E-state index is -3.95. The number of halogens is 1. The molecular weight excluding hydrogens is 302 g/mol. The molecule has 2 aromatic rings. The summed E-state index contributed by atoms with van der Waals surface area (Å²) in [4.78, 5) is 11.9. The number of carbonyl (C=O) groups excluding carboxylic acids is 1. The number of benzene rings is 1. The molecule has 0 aliphatic rings. The van der Waals surface area contributed by atoms with Crippen molar-refractivity contribution in [3.8, 4) is 0 Å². The van der Waals surface area contributed by atoms with Crippen LogP contribution < -0.4 is 4.72 Å². The van der Waals surface area contributed by atoms with Gasteiger partial charge in [-0.3, -0.25) is 0 Å². The fraction of sp³-hybridized carbons (Fsp3) is 0.167. The first kappa shape index (κ1) is 14.5. The molecule has 0 spiro atoms. The monoisotopic (exact) mass is 313 g/mol. The summed E-state index contributed by atoms with van der Waals surface area (Å²) in [6, 6.07) is 6.35. The Balaban J connectivity index is 2.26. The minimum Gasteiger partial charge on any atom is -0.245 e. The third kappa shape index (κ3) is 3.00. The lowest BCUT2D eigenvalue weighted by molar-refractivity contribution is 0.244. The predicted molar refractivity (Wildman–Crippen MR) is 74.3 cm³/mol. The highest BCUT2D eigenvalue weighted by atomic mass is 35.5. The number of rotatable bonds is 2. The summed E-state index contributed by atoms with van der Waals surface area (Å²) >= 11 is 5.69. The topological polar surface area (TPSA) is 81.1 Å². The van der Waals surface area contributed by atoms with Crippen molar-refractivity contribution < 1.29 is 13.2 Å². The minimum absolute atomic E-state index is 0.0446. The number of carbonyl (C=O) groups is 1. The average molecular weight is 314 g/mol. The van der Waals surface area contributed by atoms with Crippen LogP contribution in [0.5, 0.6) is 0 Å². The van der Waals surface area contributed by atoms with Crippen molar-refractivity contribution in [2.24, 2.45) is 0 Å². The van der Waals surface area contributed by atoms with Crippen LogP contribution in [0.15, 0.2) is 35.2 Å². The summed E-state index contributed by atoms with van der Waals surface area (Å²) in [5, 5.41) is 4.33. The molecule has 1 aromatic heterocycles. The first-order valence-electron chi connectivity index (χ1n) is 5.65. The zero-order valence-corrected chi connectivity index (χ0v) is 12.4. The van der Waals surface area contributed by atoms with Gasteiger partial charge in [0.15, 0.2) is 0 Å². The van der Waals surface area contributed by atoms with E-state index in [1.807, 2.05) is 4.72 Å². The fourth-order valence-corrected chi connectivity index (χ4v) is 2.72. The van der Waals surface area contributed by atoms with E-state index in [0.29, 0.717) is 16.4 Å². The van der Waals surface area contributed by atoms with Crippen molar-refractivity contribution in [1.29, 1.82) is 0 Å². The molecule has 0 aliphatic carbocycles. The molecule has 0 unspecified atom stereocenters. The highest BCUT2D eigenvalue weighted by molar-refractivity contribution is 7.90. The molecule has 0 radical (unpaired) electrons. The van der Waals surface area contributed by atoms with Crippen LogP contribution in [-0.4, -0.2) is 24.2 Å². The van der Waals surface area contributed by atoms with Gasteiger partial charge in [0.2, 0.25) is 0 Å². The molecule has 0 saturated heterocycles. The van der Waals surface area contributed by atoms with Crippen molar-refractivity contribution in [2.75, 3.05) is 0 Å². The molecule has 1 amide bonds. The Labute approximate surface area is 121 Å². The molecule has 0 saturated carbocycles. The van der Waals surface area contributed by atoms with Gasteiger partial charge in [0.25, 0.3) is 10.0 Å². The van der Waals surface area contributed by atoms with Crippen LogP contribution >= 0.6 is 11.6 Å². The molecule has 0 fully saturated rings. The zero-order valence-electron chi connectivity index (χ0n) is 10.8. The lowest BCUT2D eigenvalue weighted by Crippen LogP contribution is -2.35. The maximum atomic E-state index is 12.0. The van der Waals surface area contributed by atoms with Crippen molar-refractivity contribution in [2.45, 2.75) is 18.7 Å². The lowest BCUT2D eigenvalue weighted by atomic mass is 10.4. The summed E-state index contributed by atoms with van der Waals surface area (Å²) in [6.07, 6.45) is 0. The van der Waals surface area contributed by atoms with Crippen molar-refractivity contribution in [3.05, 3.63) is 46.7 Å². The van der Waals surface area contributed by atoms with E-state index in [9.17, 15) is 13.2 Å². The van der Waals surface area contributed by atoms with Gasteiger partial charge >= 0.3 is 6.03 Å². The number of nitrogens with one attached hydrogen (secondary N) is 1. The van der Waals surface area contributed by atoms with Gasteiger partial charge in [-0.2, -0.15) is 9.78 Å². The second-order valence-electron chi connectivity index (χ2n) is 4.20. The number of amides is 1. The number of nitrogens with zero attached hydrogens (tertiary/aromatic N) is 2. The average Bonchev–Trinajstić information content (AvgIpc) is 2.68. The van der Waals surface area contributed by atoms with Gasteiger partial charge in [-0.1, -0.05) is 11.6 Å². The second-order valence-corrected chi connectivity index (χ2v) is 6.32. The van der Waals surface area contributed by atoms with Gasteiger partial charge in [-0.05, 0) is 44.2 Å². The molecule has 2 rings (SSSR count). The number of aromatic nitrogens is 2. The molecule has 1 heterocycles. The molecule has 0 bridgehead atoms. The summed E-state index contributed by atoms with van der Waals surface area (Å²) < 4.78 is 27.0. The van der Waals surface area contributed by atoms with Crippen molar-refractivity contribution in [3.63, 3.8) is 0 Å². The Hall–Kier alpha value is -1.86. The first-order valence-corrected chi connectivity index (χ1v) is 7.52. The Morgan fingerprint density at radius 2 is 1.85 bits per heavy atom. The molecular formula is C12H12ClN3O3S. The van der Waals surface area contributed by atoms with Crippen molar-refractivity contribution >= 4 is 27.7 Å². The molecule has 1 N–H and O–H groups in total. The van der Waals surface area contributed by atoms with Crippen LogP contribution in [0.1, 0.15) is 11.4 Å². The standard InChI is InChI=1S/C12H12ClN3O3S/c1-8-7-9(2)16(14-8)12(17)15-20(18,19)11-5-3-10(13)4-6-11/h3-7H,1-2H3,(H,15,17). The van der Waals surface area contributed by atoms with Gasteiger partial charge in [0.05, 0.1) is 10.6 Å². The SMILES string of the molecule is Cc1cc(C)n(C(=O)NS(=O)(=O)c2ccc(Cl)cc2)n1. The fourth-order valence-electron chi connectivity index (χ4n) is 1.67. The number of aryl methyl sites for hydroxylation is 2. The Bertz CT molecular complexity index is 751. The summed E-state index contributed by atoms with van der Waals surface area (Å²) in [7, 11) is -3.95. The number of sulfonamides is 1. The van der Waals surface area contributed by atoms with Crippen LogP contribution in [0.4, 0.5) is 4.79 Å². The molecule has 1 aromatic carbocycles. The predicted octanol–water partition coefficient (Wildman–Crippen LogP) is 2.10. The van der Waals surface area contributed by atoms with Gasteiger partial charge in [-0.25, -0.2) is 17.9 Å². The maximum absolute atomic E-state index is 12.0. The third-order valence-electron chi connectivity index (χ3n) is 2.55. The third-order valence-corrected chi connectivity index (χ3v) is 4.14. The van der Waals surface area contributed by atoms with E-state index in [1.165, 1.54) is 24.3 Å². The molecule has 8 heteroatoms. The van der Waals surface area contributed by atoms with Crippen LogP contribution in [0.25, 0.3) is 0 Å². The van der Waals surface area contributed by atoms with E-state index >= 15 is 0 Å². The highest BCUT2D eigenvalue weighted by Gasteiger charge is 2.20. The van der Waals surface area contributed by atoms with E-state index in [0.717, 1.165) is 4.68 Å². The normalized spacial score (nSPS) is 11.3.